The standard InChI is InChI=1S/C14H30N2O2S/c1-7-19-10-8-9-16-14(5,6)11-15-12(17)18-13(2,3)4/h16H,7-11H2,1-6H3,(H,15,17). The van der Waals surface area contributed by atoms with Gasteiger partial charge in [0.05, 0.1) is 0 Å². The van der Waals surface area contributed by atoms with E-state index in [1.54, 1.807) is 0 Å². The number of alkyl carbamates (subject to hydrolysis) is 1. The predicted octanol–water partition coefficient (Wildman–Crippen LogP) is 3.02. The van der Waals surface area contributed by atoms with E-state index in [-0.39, 0.29) is 11.6 Å². The van der Waals surface area contributed by atoms with E-state index in [1.165, 1.54) is 11.5 Å². The van der Waals surface area contributed by atoms with Crippen molar-refractivity contribution in [3.8, 4) is 0 Å². The molecule has 0 radical (unpaired) electrons. The molecule has 2 N–H and O–H groups in total. The van der Waals surface area contributed by atoms with Gasteiger partial charge >= 0.3 is 6.09 Å². The molecule has 0 spiro atoms. The van der Waals surface area contributed by atoms with Gasteiger partial charge in [-0.25, -0.2) is 4.79 Å². The van der Waals surface area contributed by atoms with E-state index in [1.807, 2.05) is 32.5 Å². The van der Waals surface area contributed by atoms with Gasteiger partial charge in [-0.1, -0.05) is 6.92 Å². The minimum Gasteiger partial charge on any atom is -0.444 e. The second kappa shape index (κ2) is 8.69. The molecule has 0 saturated heterocycles. The maximum Gasteiger partial charge on any atom is 0.407 e. The molecule has 0 heterocycles. The number of carbonyl (C=O) groups is 1. The lowest BCUT2D eigenvalue weighted by Crippen LogP contribution is -2.50. The van der Waals surface area contributed by atoms with Crippen LogP contribution in [0, 0.1) is 0 Å². The third-order valence-corrected chi connectivity index (χ3v) is 3.33. The average Bonchev–Trinajstić information content (AvgIpc) is 2.24. The number of nitrogens with one attached hydrogen (secondary N) is 2. The molecular weight excluding hydrogens is 260 g/mol. The third-order valence-electron chi connectivity index (χ3n) is 2.35. The molecule has 0 aliphatic rings. The van der Waals surface area contributed by atoms with Crippen molar-refractivity contribution in [3.05, 3.63) is 0 Å². The van der Waals surface area contributed by atoms with Crippen LogP contribution >= 0.6 is 11.8 Å². The third kappa shape index (κ3) is 12.4. The van der Waals surface area contributed by atoms with E-state index >= 15 is 0 Å². The van der Waals surface area contributed by atoms with Crippen LogP contribution in [0.3, 0.4) is 0 Å². The molecule has 1 amide bonds. The number of carbonyl (C=O) groups excluding carboxylic acids is 1. The molecular formula is C14H30N2O2S. The Bertz CT molecular complexity index is 263. The number of hydrogen-bond acceptors (Lipinski definition) is 4. The van der Waals surface area contributed by atoms with E-state index in [9.17, 15) is 4.79 Å². The van der Waals surface area contributed by atoms with E-state index in [0.717, 1.165) is 13.0 Å². The topological polar surface area (TPSA) is 50.4 Å². The zero-order valence-corrected chi connectivity index (χ0v) is 14.1. The molecule has 0 aromatic heterocycles. The molecule has 0 aliphatic heterocycles. The molecule has 0 fully saturated rings. The highest BCUT2D eigenvalue weighted by Gasteiger charge is 2.20. The van der Waals surface area contributed by atoms with Gasteiger partial charge in [0.2, 0.25) is 0 Å². The van der Waals surface area contributed by atoms with Crippen molar-refractivity contribution in [2.45, 2.75) is 59.1 Å². The van der Waals surface area contributed by atoms with Crippen LogP contribution in [0.2, 0.25) is 0 Å². The summed E-state index contributed by atoms with van der Waals surface area (Å²) in [6.07, 6.45) is 0.790. The van der Waals surface area contributed by atoms with Crippen LogP contribution in [-0.4, -0.2) is 41.8 Å². The fourth-order valence-electron chi connectivity index (χ4n) is 1.42. The van der Waals surface area contributed by atoms with E-state index < -0.39 is 5.60 Å². The molecule has 114 valence electrons. The summed E-state index contributed by atoms with van der Waals surface area (Å²) in [6.45, 7) is 13.4. The molecule has 0 bridgehead atoms. The second-order valence-corrected chi connectivity index (χ2v) is 7.61. The largest absolute Gasteiger partial charge is 0.444 e. The van der Waals surface area contributed by atoms with Crippen LogP contribution in [0.25, 0.3) is 0 Å². The second-order valence-electron chi connectivity index (χ2n) is 6.22. The number of thioether (sulfide) groups is 1. The van der Waals surface area contributed by atoms with Gasteiger partial charge < -0.3 is 15.4 Å². The number of ether oxygens (including phenoxy) is 1. The summed E-state index contributed by atoms with van der Waals surface area (Å²) in [6, 6.07) is 0. The first-order chi connectivity index (χ1) is 8.66. The Morgan fingerprint density at radius 2 is 1.84 bits per heavy atom. The van der Waals surface area contributed by atoms with Crippen molar-refractivity contribution in [2.75, 3.05) is 24.6 Å². The summed E-state index contributed by atoms with van der Waals surface area (Å²) >= 11 is 1.95. The molecule has 0 aromatic rings. The molecule has 0 aliphatic carbocycles. The zero-order chi connectivity index (χ0) is 14.9. The smallest absolute Gasteiger partial charge is 0.407 e. The molecule has 0 atom stereocenters. The fourth-order valence-corrected chi connectivity index (χ4v) is 2.05. The van der Waals surface area contributed by atoms with Crippen LogP contribution in [0.15, 0.2) is 0 Å². The first kappa shape index (κ1) is 18.6. The number of hydrogen-bond donors (Lipinski definition) is 2. The molecule has 0 unspecified atom stereocenters. The molecule has 0 aromatic carbocycles. The summed E-state index contributed by atoms with van der Waals surface area (Å²) in [5, 5.41) is 6.26. The van der Waals surface area contributed by atoms with Crippen molar-refractivity contribution >= 4 is 17.9 Å². The van der Waals surface area contributed by atoms with Crippen LogP contribution in [-0.2, 0) is 4.74 Å². The molecule has 0 rings (SSSR count). The zero-order valence-electron chi connectivity index (χ0n) is 13.3. The van der Waals surface area contributed by atoms with Crippen molar-refractivity contribution in [1.29, 1.82) is 0 Å². The van der Waals surface area contributed by atoms with Gasteiger partial charge in [0.25, 0.3) is 0 Å². The first-order valence-corrected chi connectivity index (χ1v) is 8.11. The number of amides is 1. The van der Waals surface area contributed by atoms with Crippen LogP contribution in [0.5, 0.6) is 0 Å². The summed E-state index contributed by atoms with van der Waals surface area (Å²) in [7, 11) is 0. The Hall–Kier alpha value is -0.420. The lowest BCUT2D eigenvalue weighted by Gasteiger charge is -2.28. The van der Waals surface area contributed by atoms with Gasteiger partial charge in [-0.3, -0.25) is 0 Å². The maximum atomic E-state index is 11.6. The fraction of sp³-hybridized carbons (Fsp3) is 0.929. The van der Waals surface area contributed by atoms with Gasteiger partial charge in [0, 0.05) is 12.1 Å². The lowest BCUT2D eigenvalue weighted by molar-refractivity contribution is 0.0514. The Balaban J connectivity index is 3.80. The van der Waals surface area contributed by atoms with E-state index in [2.05, 4.69) is 31.4 Å². The summed E-state index contributed by atoms with van der Waals surface area (Å²) in [5.74, 6) is 2.35. The summed E-state index contributed by atoms with van der Waals surface area (Å²) in [5.41, 5.74) is -0.563. The highest BCUT2D eigenvalue weighted by molar-refractivity contribution is 7.99. The Labute approximate surface area is 122 Å². The van der Waals surface area contributed by atoms with Crippen LogP contribution in [0.4, 0.5) is 4.79 Å². The van der Waals surface area contributed by atoms with Gasteiger partial charge in [0.15, 0.2) is 0 Å². The van der Waals surface area contributed by atoms with E-state index in [0.29, 0.717) is 6.54 Å². The van der Waals surface area contributed by atoms with Crippen molar-refractivity contribution in [2.24, 2.45) is 0 Å². The molecule has 0 saturated carbocycles. The monoisotopic (exact) mass is 290 g/mol. The number of rotatable bonds is 8. The Morgan fingerprint density at radius 1 is 1.21 bits per heavy atom. The maximum absolute atomic E-state index is 11.6. The minimum atomic E-state index is -0.445. The van der Waals surface area contributed by atoms with Gasteiger partial charge in [-0.05, 0) is 59.1 Å². The lowest BCUT2D eigenvalue weighted by atomic mass is 10.1. The van der Waals surface area contributed by atoms with Crippen LogP contribution < -0.4 is 10.6 Å². The molecule has 5 heteroatoms. The van der Waals surface area contributed by atoms with E-state index in [4.69, 9.17) is 4.74 Å². The predicted molar refractivity (Wildman–Crippen MR) is 83.9 cm³/mol. The van der Waals surface area contributed by atoms with Gasteiger partial charge in [-0.2, -0.15) is 11.8 Å². The molecule has 4 nitrogen and oxygen atoms in total. The molecule has 19 heavy (non-hydrogen) atoms. The quantitative estimate of drug-likeness (QED) is 0.675. The Morgan fingerprint density at radius 3 is 2.37 bits per heavy atom. The normalized spacial score (nSPS) is 12.3. The first-order valence-electron chi connectivity index (χ1n) is 6.96. The Kier molecular flexibility index (Phi) is 8.50. The van der Waals surface area contributed by atoms with Crippen LogP contribution in [0.1, 0.15) is 48.0 Å². The van der Waals surface area contributed by atoms with Crippen molar-refractivity contribution in [1.82, 2.24) is 10.6 Å². The SMILES string of the molecule is CCSCCCNC(C)(C)CNC(=O)OC(C)(C)C. The highest BCUT2D eigenvalue weighted by atomic mass is 32.2. The summed E-state index contributed by atoms with van der Waals surface area (Å²) in [4.78, 5) is 11.6. The van der Waals surface area contributed by atoms with Gasteiger partial charge in [0.1, 0.15) is 5.60 Å². The van der Waals surface area contributed by atoms with Gasteiger partial charge in [-0.15, -0.1) is 0 Å². The van der Waals surface area contributed by atoms with Crippen molar-refractivity contribution < 1.29 is 9.53 Å². The summed E-state index contributed by atoms with van der Waals surface area (Å²) < 4.78 is 5.21. The highest BCUT2D eigenvalue weighted by Crippen LogP contribution is 2.07. The average molecular weight is 290 g/mol. The minimum absolute atomic E-state index is 0.117. The van der Waals surface area contributed by atoms with Crippen molar-refractivity contribution in [3.63, 3.8) is 0 Å².